The van der Waals surface area contributed by atoms with E-state index in [-0.39, 0.29) is 5.91 Å². The minimum absolute atomic E-state index is 0.279. The molecule has 0 heterocycles. The van der Waals surface area contributed by atoms with E-state index in [1.165, 1.54) is 12.1 Å². The Labute approximate surface area is 167 Å². The average molecular weight is 399 g/mol. The largest absolute Gasteiger partial charge is 0.348 e. The van der Waals surface area contributed by atoms with E-state index in [2.05, 4.69) is 10.6 Å². The maximum Gasteiger partial charge on any atom is 0.255 e. The van der Waals surface area contributed by atoms with Crippen LogP contribution in [-0.4, -0.2) is 11.8 Å². The molecule has 0 radical (unpaired) electrons. The Bertz CT molecular complexity index is 955. The Morgan fingerprint density at radius 1 is 0.778 bits per heavy atom. The lowest BCUT2D eigenvalue weighted by Crippen LogP contribution is -2.24. The maximum atomic E-state index is 12.6. The fourth-order valence-electron chi connectivity index (χ4n) is 2.54. The van der Waals surface area contributed by atoms with Gasteiger partial charge in [-0.2, -0.15) is 0 Å². The zero-order chi connectivity index (χ0) is 19.2. The second-order valence-corrected chi connectivity index (χ2v) is 6.70. The number of para-hydroxylation sites is 1. The molecule has 6 heteroatoms. The van der Waals surface area contributed by atoms with E-state index in [1.54, 1.807) is 30.3 Å². The molecule has 0 aliphatic rings. The highest BCUT2D eigenvalue weighted by Gasteiger charge is 2.14. The maximum absolute atomic E-state index is 12.6. The summed E-state index contributed by atoms with van der Waals surface area (Å²) >= 11 is 11.9. The molecule has 0 spiro atoms. The van der Waals surface area contributed by atoms with Gasteiger partial charge in [0.15, 0.2) is 0 Å². The molecule has 0 saturated carbocycles. The Kier molecular flexibility index (Phi) is 6.12. The first-order valence-electron chi connectivity index (χ1n) is 8.21. The molecule has 0 bridgehead atoms. The van der Waals surface area contributed by atoms with Crippen LogP contribution in [0, 0.1) is 0 Å². The number of anilines is 1. The Morgan fingerprint density at radius 2 is 1.41 bits per heavy atom. The van der Waals surface area contributed by atoms with Crippen molar-refractivity contribution in [2.45, 2.75) is 6.54 Å². The van der Waals surface area contributed by atoms with Crippen LogP contribution in [0.2, 0.25) is 10.0 Å². The van der Waals surface area contributed by atoms with Crippen molar-refractivity contribution in [3.63, 3.8) is 0 Å². The fourth-order valence-corrected chi connectivity index (χ4v) is 3.07. The zero-order valence-electron chi connectivity index (χ0n) is 14.2. The summed E-state index contributed by atoms with van der Waals surface area (Å²) in [5, 5.41) is 6.32. The molecule has 27 heavy (non-hydrogen) atoms. The second kappa shape index (κ2) is 8.71. The lowest BCUT2D eigenvalue weighted by molar-refractivity contribution is 0.0952. The molecule has 0 fully saturated rings. The van der Waals surface area contributed by atoms with Crippen molar-refractivity contribution < 1.29 is 9.59 Å². The van der Waals surface area contributed by atoms with E-state index in [0.717, 1.165) is 5.56 Å². The van der Waals surface area contributed by atoms with Gasteiger partial charge < -0.3 is 10.6 Å². The standard InChI is InChI=1S/C21H16Cl2N2O2/c22-16-10-15(11-17(23)12-16)20(26)25-19-9-5-4-8-18(19)21(27)24-13-14-6-2-1-3-7-14/h1-12H,13H2,(H,24,27)(H,25,26). The van der Waals surface area contributed by atoms with Gasteiger partial charge in [-0.3, -0.25) is 9.59 Å². The molecule has 0 atom stereocenters. The third-order valence-corrected chi connectivity index (χ3v) is 4.28. The smallest absolute Gasteiger partial charge is 0.255 e. The number of halogens is 2. The Morgan fingerprint density at radius 3 is 2.11 bits per heavy atom. The van der Waals surface area contributed by atoms with Gasteiger partial charge in [0.25, 0.3) is 11.8 Å². The van der Waals surface area contributed by atoms with E-state index in [9.17, 15) is 9.59 Å². The second-order valence-electron chi connectivity index (χ2n) is 5.83. The van der Waals surface area contributed by atoms with Gasteiger partial charge >= 0.3 is 0 Å². The highest BCUT2D eigenvalue weighted by atomic mass is 35.5. The summed E-state index contributed by atoms with van der Waals surface area (Å²) in [6.07, 6.45) is 0. The molecular weight excluding hydrogens is 383 g/mol. The minimum atomic E-state index is -0.400. The lowest BCUT2D eigenvalue weighted by Gasteiger charge is -2.12. The molecule has 0 aliphatic carbocycles. The topological polar surface area (TPSA) is 58.2 Å². The fraction of sp³-hybridized carbons (Fsp3) is 0.0476. The van der Waals surface area contributed by atoms with Crippen LogP contribution in [-0.2, 0) is 6.54 Å². The first-order valence-corrected chi connectivity index (χ1v) is 8.97. The summed E-state index contributed by atoms with van der Waals surface area (Å²) in [6, 6.07) is 21.0. The number of carbonyl (C=O) groups excluding carboxylic acids is 2. The van der Waals surface area contributed by atoms with Gasteiger partial charge in [-0.15, -0.1) is 0 Å². The van der Waals surface area contributed by atoms with Crippen LogP contribution >= 0.6 is 23.2 Å². The zero-order valence-corrected chi connectivity index (χ0v) is 15.7. The predicted molar refractivity (Wildman–Crippen MR) is 108 cm³/mol. The van der Waals surface area contributed by atoms with Crippen molar-refractivity contribution in [3.8, 4) is 0 Å². The van der Waals surface area contributed by atoms with Crippen molar-refractivity contribution >= 4 is 40.7 Å². The molecular formula is C21H16Cl2N2O2. The molecule has 3 aromatic carbocycles. The number of hydrogen-bond acceptors (Lipinski definition) is 2. The number of amides is 2. The molecule has 0 saturated heterocycles. The minimum Gasteiger partial charge on any atom is -0.348 e. The van der Waals surface area contributed by atoms with Gasteiger partial charge in [0.1, 0.15) is 0 Å². The summed E-state index contributed by atoms with van der Waals surface area (Å²) < 4.78 is 0. The van der Waals surface area contributed by atoms with Gasteiger partial charge in [-0.1, -0.05) is 65.7 Å². The molecule has 2 N–H and O–H groups in total. The van der Waals surface area contributed by atoms with E-state index >= 15 is 0 Å². The quantitative estimate of drug-likeness (QED) is 0.622. The highest BCUT2D eigenvalue weighted by Crippen LogP contribution is 2.21. The normalized spacial score (nSPS) is 10.3. The first kappa shape index (κ1) is 19.0. The Hall–Kier alpha value is -2.82. The summed E-state index contributed by atoms with van der Waals surface area (Å²) in [6.45, 7) is 0.395. The first-order chi connectivity index (χ1) is 13.0. The molecule has 0 aliphatic heterocycles. The molecule has 136 valence electrons. The summed E-state index contributed by atoms with van der Waals surface area (Å²) in [4.78, 5) is 25.1. The van der Waals surface area contributed by atoms with E-state index in [4.69, 9.17) is 23.2 Å². The number of hydrogen-bond donors (Lipinski definition) is 2. The molecule has 3 aromatic rings. The van der Waals surface area contributed by atoms with Gasteiger partial charge in [-0.05, 0) is 35.9 Å². The molecule has 3 rings (SSSR count). The van der Waals surface area contributed by atoms with Crippen molar-refractivity contribution in [1.82, 2.24) is 5.32 Å². The number of carbonyl (C=O) groups is 2. The van der Waals surface area contributed by atoms with Crippen LogP contribution in [0.3, 0.4) is 0 Å². The highest BCUT2D eigenvalue weighted by molar-refractivity contribution is 6.35. The Balaban J connectivity index is 1.75. The monoisotopic (exact) mass is 398 g/mol. The lowest BCUT2D eigenvalue weighted by atomic mass is 10.1. The SMILES string of the molecule is O=C(Nc1ccccc1C(=O)NCc1ccccc1)c1cc(Cl)cc(Cl)c1. The van der Waals surface area contributed by atoms with Gasteiger partial charge in [0.2, 0.25) is 0 Å². The van der Waals surface area contributed by atoms with Crippen LogP contribution in [0.1, 0.15) is 26.3 Å². The van der Waals surface area contributed by atoms with Gasteiger partial charge in [0.05, 0.1) is 11.3 Å². The number of benzene rings is 3. The predicted octanol–water partition coefficient (Wildman–Crippen LogP) is 5.18. The van der Waals surface area contributed by atoms with Crippen LogP contribution in [0.5, 0.6) is 0 Å². The average Bonchev–Trinajstić information content (AvgIpc) is 2.66. The van der Waals surface area contributed by atoms with Crippen LogP contribution in [0.25, 0.3) is 0 Å². The summed E-state index contributed by atoms with van der Waals surface area (Å²) in [7, 11) is 0. The van der Waals surface area contributed by atoms with Crippen molar-refractivity contribution in [2.75, 3.05) is 5.32 Å². The molecule has 0 aromatic heterocycles. The summed E-state index contributed by atoms with van der Waals surface area (Å²) in [5.74, 6) is -0.679. The van der Waals surface area contributed by atoms with Gasteiger partial charge in [0, 0.05) is 22.2 Å². The van der Waals surface area contributed by atoms with Crippen molar-refractivity contribution in [3.05, 3.63) is 99.5 Å². The van der Waals surface area contributed by atoms with Crippen LogP contribution in [0.15, 0.2) is 72.8 Å². The molecule has 4 nitrogen and oxygen atoms in total. The molecule has 2 amide bonds. The van der Waals surface area contributed by atoms with Gasteiger partial charge in [-0.25, -0.2) is 0 Å². The van der Waals surface area contributed by atoms with E-state index in [1.807, 2.05) is 30.3 Å². The third-order valence-electron chi connectivity index (χ3n) is 3.84. The van der Waals surface area contributed by atoms with E-state index < -0.39 is 5.91 Å². The number of rotatable bonds is 5. The summed E-state index contributed by atoms with van der Waals surface area (Å²) in [5.41, 5.74) is 2.08. The number of nitrogens with one attached hydrogen (secondary N) is 2. The third kappa shape index (κ3) is 5.09. The van der Waals surface area contributed by atoms with Crippen molar-refractivity contribution in [2.24, 2.45) is 0 Å². The van der Waals surface area contributed by atoms with Crippen LogP contribution < -0.4 is 10.6 Å². The molecule has 0 unspecified atom stereocenters. The van der Waals surface area contributed by atoms with E-state index in [0.29, 0.717) is 33.4 Å². The van der Waals surface area contributed by atoms with Crippen LogP contribution in [0.4, 0.5) is 5.69 Å². The van der Waals surface area contributed by atoms with Crippen molar-refractivity contribution in [1.29, 1.82) is 0 Å².